The van der Waals surface area contributed by atoms with Gasteiger partial charge in [-0.15, -0.1) is 13.2 Å². The zero-order valence-corrected chi connectivity index (χ0v) is 31.0. The van der Waals surface area contributed by atoms with Crippen molar-refractivity contribution in [2.45, 2.75) is 99.1 Å². The minimum absolute atomic E-state index is 0.0816. The lowest BCUT2D eigenvalue weighted by Gasteiger charge is -2.39. The van der Waals surface area contributed by atoms with Crippen LogP contribution in [0.25, 0.3) is 5.57 Å². The Labute approximate surface area is 290 Å². The molecule has 0 spiro atoms. The molecule has 0 radical (unpaired) electrons. The quantitative estimate of drug-likeness (QED) is 0.0960. The number of nitrogens with zero attached hydrogens (tertiary/aromatic N) is 1. The topological polar surface area (TPSA) is 67.3 Å². The van der Waals surface area contributed by atoms with Gasteiger partial charge in [-0.05, 0) is 99.0 Å². The summed E-state index contributed by atoms with van der Waals surface area (Å²) in [6.45, 7) is 28.9. The zero-order chi connectivity index (χ0) is 35.4. The molecule has 0 saturated heterocycles. The van der Waals surface area contributed by atoms with E-state index >= 15 is 0 Å². The Morgan fingerprint density at radius 3 is 2.11 bits per heavy atom. The molecule has 3 aromatic rings. The van der Waals surface area contributed by atoms with Crippen molar-refractivity contribution in [1.82, 2.24) is 4.90 Å². The van der Waals surface area contributed by atoms with Gasteiger partial charge in [-0.3, -0.25) is 4.90 Å². The van der Waals surface area contributed by atoms with E-state index in [0.29, 0.717) is 22.3 Å². The smallest absolute Gasteiger partial charge is 0.145 e. The van der Waals surface area contributed by atoms with E-state index in [4.69, 9.17) is 34.7 Å². The van der Waals surface area contributed by atoms with Gasteiger partial charge in [0.2, 0.25) is 0 Å². The molecule has 3 aromatic carbocycles. The first-order valence-electron chi connectivity index (χ1n) is 16.5. The second-order valence-electron chi connectivity index (χ2n) is 10.9. The molecule has 0 aromatic heterocycles. The van der Waals surface area contributed by atoms with Gasteiger partial charge < -0.3 is 16.8 Å². The fourth-order valence-electron chi connectivity index (χ4n) is 5.37. The van der Waals surface area contributed by atoms with E-state index in [1.165, 1.54) is 0 Å². The molecule has 4 nitrogen and oxygen atoms in total. The molecule has 0 aliphatic rings. The Balaban J connectivity index is 0.00000143. The van der Waals surface area contributed by atoms with Gasteiger partial charge in [0.25, 0.3) is 0 Å². The standard InChI is InChI=1S/C29H43ClFN3.C6H6ClN.C2H6.C2H4/c1-8-19(4)24-15-16-27(29(32)21(24)6)33-17-12-18-34(20(5)9-2)22(7)23(10-3)25-13-11-14-26(30)28(25)31;7-5-2-1-3-6(8)4-5;2*1-2/h11,13-16,20,22-23,33H,4,8-10,12,17-18,32H2,1-3,5-7H3;1-4H,8H2;1-2H3;1-2H2. The minimum atomic E-state index is -0.284. The maximum atomic E-state index is 14.8. The van der Waals surface area contributed by atoms with Gasteiger partial charge in [-0.2, -0.15) is 0 Å². The van der Waals surface area contributed by atoms with Crippen LogP contribution < -0.4 is 16.8 Å². The summed E-state index contributed by atoms with van der Waals surface area (Å²) in [6.07, 6.45) is 3.77. The monoisotopic (exact) mass is 672 g/mol. The van der Waals surface area contributed by atoms with Crippen molar-refractivity contribution in [1.29, 1.82) is 0 Å². The van der Waals surface area contributed by atoms with E-state index < -0.39 is 0 Å². The molecule has 0 heterocycles. The molecule has 7 heteroatoms. The van der Waals surface area contributed by atoms with Gasteiger partial charge in [-0.1, -0.05) is 88.7 Å². The number of halogens is 3. The largest absolute Gasteiger partial charge is 0.399 e. The maximum Gasteiger partial charge on any atom is 0.145 e. The van der Waals surface area contributed by atoms with Crippen LogP contribution in [0, 0.1) is 12.7 Å². The molecule has 3 rings (SSSR count). The summed E-state index contributed by atoms with van der Waals surface area (Å²) < 4.78 is 14.8. The molecule has 3 unspecified atom stereocenters. The summed E-state index contributed by atoms with van der Waals surface area (Å²) in [5.41, 5.74) is 18.3. The van der Waals surface area contributed by atoms with Crippen molar-refractivity contribution in [3.8, 4) is 0 Å². The summed E-state index contributed by atoms with van der Waals surface area (Å²) in [5.74, 6) is -0.202. The molecule has 0 saturated carbocycles. The number of hydrogen-bond acceptors (Lipinski definition) is 4. The number of nitrogens with one attached hydrogen (secondary N) is 1. The van der Waals surface area contributed by atoms with E-state index in [0.717, 1.165) is 66.8 Å². The molecule has 0 fully saturated rings. The lowest BCUT2D eigenvalue weighted by Crippen LogP contribution is -2.44. The normalized spacial score (nSPS) is 12.3. The lowest BCUT2D eigenvalue weighted by atomic mass is 9.87. The highest BCUT2D eigenvalue weighted by Gasteiger charge is 2.28. The fourth-order valence-corrected chi connectivity index (χ4v) is 5.75. The number of hydrogen-bond donors (Lipinski definition) is 3. The highest BCUT2D eigenvalue weighted by Crippen LogP contribution is 2.33. The van der Waals surface area contributed by atoms with Crippen LogP contribution in [-0.2, 0) is 0 Å². The lowest BCUT2D eigenvalue weighted by molar-refractivity contribution is 0.126. The SMILES string of the molecule is C=C.C=C(CC)c1ccc(NCCCN(C(C)CC)C(C)C(CC)c2cccc(Cl)c2F)c(N)c1C.CC.Nc1cccc(Cl)c1. The van der Waals surface area contributed by atoms with Gasteiger partial charge in [0.15, 0.2) is 0 Å². The average Bonchev–Trinajstić information content (AvgIpc) is 3.06. The molecular weight excluding hydrogens is 614 g/mol. The van der Waals surface area contributed by atoms with E-state index in [1.807, 2.05) is 32.0 Å². The Kier molecular flexibility index (Phi) is 21.8. The van der Waals surface area contributed by atoms with E-state index in [9.17, 15) is 4.39 Å². The second kappa shape index (κ2) is 23.3. The predicted octanol–water partition coefficient (Wildman–Crippen LogP) is 12.0. The van der Waals surface area contributed by atoms with Gasteiger partial charge >= 0.3 is 0 Å². The van der Waals surface area contributed by atoms with Crippen LogP contribution in [0.1, 0.15) is 96.8 Å². The van der Waals surface area contributed by atoms with Crippen LogP contribution in [-0.4, -0.2) is 30.1 Å². The summed E-state index contributed by atoms with van der Waals surface area (Å²) in [6, 6.07) is 17.2. The Bertz CT molecular complexity index is 1300. The Hall–Kier alpha value is -2.99. The summed E-state index contributed by atoms with van der Waals surface area (Å²) >= 11 is 11.7. The van der Waals surface area contributed by atoms with E-state index in [2.05, 4.69) is 83.6 Å². The molecule has 5 N–H and O–H groups in total. The van der Waals surface area contributed by atoms with Crippen LogP contribution in [0.5, 0.6) is 0 Å². The van der Waals surface area contributed by atoms with Gasteiger partial charge in [0, 0.05) is 41.8 Å². The first-order chi connectivity index (χ1) is 22.0. The molecule has 0 amide bonds. The highest BCUT2D eigenvalue weighted by atomic mass is 35.5. The third-order valence-corrected chi connectivity index (χ3v) is 8.69. The fraction of sp³-hybridized carbons (Fsp3) is 0.436. The van der Waals surface area contributed by atoms with Gasteiger partial charge in [0.1, 0.15) is 5.82 Å². The van der Waals surface area contributed by atoms with Crippen LogP contribution >= 0.6 is 23.2 Å². The Morgan fingerprint density at radius 1 is 0.957 bits per heavy atom. The van der Waals surface area contributed by atoms with Crippen LogP contribution in [0.4, 0.5) is 21.5 Å². The van der Waals surface area contributed by atoms with Crippen molar-refractivity contribution >= 4 is 45.8 Å². The van der Waals surface area contributed by atoms with Gasteiger partial charge in [0.05, 0.1) is 16.4 Å². The number of anilines is 3. The molecule has 46 heavy (non-hydrogen) atoms. The van der Waals surface area contributed by atoms with Crippen molar-refractivity contribution in [2.75, 3.05) is 29.9 Å². The number of allylic oxidation sites excluding steroid dienone is 1. The number of rotatable bonds is 13. The Morgan fingerprint density at radius 2 is 1.59 bits per heavy atom. The molecule has 3 atom stereocenters. The number of nitrogen functional groups attached to an aromatic ring is 2. The predicted molar refractivity (Wildman–Crippen MR) is 207 cm³/mol. The molecule has 0 aliphatic carbocycles. The average molecular weight is 674 g/mol. The van der Waals surface area contributed by atoms with Gasteiger partial charge in [-0.25, -0.2) is 4.39 Å². The van der Waals surface area contributed by atoms with Crippen LogP contribution in [0.15, 0.2) is 74.3 Å². The second-order valence-corrected chi connectivity index (χ2v) is 11.7. The highest BCUT2D eigenvalue weighted by molar-refractivity contribution is 6.31. The molecule has 256 valence electrons. The third-order valence-electron chi connectivity index (χ3n) is 8.16. The summed E-state index contributed by atoms with van der Waals surface area (Å²) in [4.78, 5) is 2.51. The molecular formula is C39H59Cl2FN4. The summed E-state index contributed by atoms with van der Waals surface area (Å²) in [7, 11) is 0. The number of nitrogens with two attached hydrogens (primary N) is 2. The third kappa shape index (κ3) is 13.0. The molecule has 0 aliphatic heterocycles. The van der Waals surface area contributed by atoms with Crippen molar-refractivity contribution in [2.24, 2.45) is 0 Å². The first-order valence-corrected chi connectivity index (χ1v) is 17.2. The summed E-state index contributed by atoms with van der Waals surface area (Å²) in [5, 5.41) is 4.41. The first kappa shape index (κ1) is 43.0. The van der Waals surface area contributed by atoms with Crippen molar-refractivity contribution < 1.29 is 4.39 Å². The molecule has 0 bridgehead atoms. The van der Waals surface area contributed by atoms with Crippen molar-refractivity contribution in [3.63, 3.8) is 0 Å². The van der Waals surface area contributed by atoms with E-state index in [1.54, 1.807) is 24.3 Å². The van der Waals surface area contributed by atoms with E-state index in [-0.39, 0.29) is 22.8 Å². The van der Waals surface area contributed by atoms with Crippen LogP contribution in [0.3, 0.4) is 0 Å². The number of benzene rings is 3. The zero-order valence-electron chi connectivity index (χ0n) is 29.5. The van der Waals surface area contributed by atoms with Crippen LogP contribution in [0.2, 0.25) is 10.0 Å². The van der Waals surface area contributed by atoms with Crippen molar-refractivity contribution in [3.05, 3.63) is 107 Å². The minimum Gasteiger partial charge on any atom is -0.399 e. The maximum absolute atomic E-state index is 14.8.